The first kappa shape index (κ1) is 17.5. The first-order valence-electron chi connectivity index (χ1n) is 7.79. The van der Waals surface area contributed by atoms with Crippen LogP contribution in [0.2, 0.25) is 0 Å². The molecule has 1 amide bonds. The minimum atomic E-state index is -1.05. The number of aryl methyl sites for hydroxylation is 1. The van der Waals surface area contributed by atoms with E-state index in [1.165, 1.54) is 0 Å². The monoisotopic (exact) mass is 327 g/mol. The van der Waals surface area contributed by atoms with Crippen LogP contribution in [0.4, 0.5) is 0 Å². The second-order valence-corrected chi connectivity index (χ2v) is 5.46. The Morgan fingerprint density at radius 1 is 1.12 bits per heavy atom. The van der Waals surface area contributed by atoms with Gasteiger partial charge in [-0.2, -0.15) is 0 Å². The molecule has 0 atom stereocenters. The molecule has 0 aliphatic heterocycles. The maximum atomic E-state index is 12.7. The second kappa shape index (κ2) is 8.15. The number of carboxylic acid groups (broad SMARTS) is 1. The minimum Gasteiger partial charge on any atom is -0.482 e. The van der Waals surface area contributed by atoms with E-state index in [0.29, 0.717) is 24.4 Å². The van der Waals surface area contributed by atoms with Crippen molar-refractivity contribution in [1.29, 1.82) is 0 Å². The topological polar surface area (TPSA) is 66.8 Å². The molecule has 0 aliphatic carbocycles. The molecular weight excluding hydrogens is 306 g/mol. The fourth-order valence-corrected chi connectivity index (χ4v) is 2.37. The van der Waals surface area contributed by atoms with E-state index < -0.39 is 12.6 Å². The lowest BCUT2D eigenvalue weighted by atomic mass is 10.1. The van der Waals surface area contributed by atoms with Crippen molar-refractivity contribution in [3.63, 3.8) is 0 Å². The van der Waals surface area contributed by atoms with Crippen LogP contribution in [0.15, 0.2) is 48.5 Å². The zero-order valence-corrected chi connectivity index (χ0v) is 13.9. The van der Waals surface area contributed by atoms with Gasteiger partial charge in [0, 0.05) is 18.7 Å². The van der Waals surface area contributed by atoms with E-state index in [1.807, 2.05) is 38.1 Å². The number of carbonyl (C=O) groups excluding carboxylic acids is 1. The highest BCUT2D eigenvalue weighted by Gasteiger charge is 2.16. The molecule has 0 saturated heterocycles. The number of aliphatic carboxylic acids is 1. The van der Waals surface area contributed by atoms with Crippen molar-refractivity contribution in [1.82, 2.24) is 4.90 Å². The Bertz CT molecular complexity index is 727. The SMILES string of the molecule is CCN(Cc1ccccc1C)C(=O)c1cccc(OCC(=O)O)c1. The molecule has 2 aromatic carbocycles. The highest BCUT2D eigenvalue weighted by molar-refractivity contribution is 5.94. The quantitative estimate of drug-likeness (QED) is 0.848. The summed E-state index contributed by atoms with van der Waals surface area (Å²) in [4.78, 5) is 25.1. The molecule has 0 spiro atoms. The van der Waals surface area contributed by atoms with Crippen LogP contribution in [-0.4, -0.2) is 35.0 Å². The maximum absolute atomic E-state index is 12.7. The van der Waals surface area contributed by atoms with Gasteiger partial charge in [0.15, 0.2) is 6.61 Å². The second-order valence-electron chi connectivity index (χ2n) is 5.46. The number of rotatable bonds is 7. The summed E-state index contributed by atoms with van der Waals surface area (Å²) < 4.78 is 5.14. The lowest BCUT2D eigenvalue weighted by molar-refractivity contribution is -0.139. The number of benzene rings is 2. The highest BCUT2D eigenvalue weighted by atomic mass is 16.5. The standard InChI is InChI=1S/C19H21NO4/c1-3-20(12-16-8-5-4-7-14(16)2)19(23)15-9-6-10-17(11-15)24-13-18(21)22/h4-11H,3,12-13H2,1-2H3,(H,21,22). The molecule has 0 aliphatic rings. The molecule has 0 aromatic heterocycles. The van der Waals surface area contributed by atoms with Crippen LogP contribution in [0.1, 0.15) is 28.4 Å². The Balaban J connectivity index is 2.14. The Morgan fingerprint density at radius 2 is 1.88 bits per heavy atom. The number of hydrogen-bond donors (Lipinski definition) is 1. The molecule has 2 aromatic rings. The van der Waals surface area contributed by atoms with E-state index in [9.17, 15) is 9.59 Å². The van der Waals surface area contributed by atoms with E-state index >= 15 is 0 Å². The van der Waals surface area contributed by atoms with Crippen molar-refractivity contribution in [3.05, 3.63) is 65.2 Å². The molecule has 0 unspecified atom stereocenters. The van der Waals surface area contributed by atoms with Gasteiger partial charge >= 0.3 is 5.97 Å². The molecule has 0 heterocycles. The van der Waals surface area contributed by atoms with E-state index in [4.69, 9.17) is 9.84 Å². The van der Waals surface area contributed by atoms with Crippen molar-refractivity contribution < 1.29 is 19.4 Å². The van der Waals surface area contributed by atoms with Gasteiger partial charge in [-0.1, -0.05) is 30.3 Å². The van der Waals surface area contributed by atoms with Gasteiger partial charge in [-0.25, -0.2) is 4.79 Å². The Labute approximate surface area is 141 Å². The van der Waals surface area contributed by atoms with Gasteiger partial charge in [0.25, 0.3) is 5.91 Å². The Hall–Kier alpha value is -2.82. The molecule has 0 bridgehead atoms. The number of ether oxygens (including phenoxy) is 1. The zero-order valence-electron chi connectivity index (χ0n) is 13.9. The van der Waals surface area contributed by atoms with Crippen molar-refractivity contribution in [3.8, 4) is 5.75 Å². The first-order chi connectivity index (χ1) is 11.5. The molecule has 0 saturated carbocycles. The van der Waals surface area contributed by atoms with E-state index in [1.54, 1.807) is 29.2 Å². The van der Waals surface area contributed by atoms with Crippen LogP contribution in [0.5, 0.6) is 5.75 Å². The van der Waals surface area contributed by atoms with Crippen LogP contribution in [-0.2, 0) is 11.3 Å². The summed E-state index contributed by atoms with van der Waals surface area (Å²) in [6, 6.07) is 14.6. The summed E-state index contributed by atoms with van der Waals surface area (Å²) in [7, 11) is 0. The fourth-order valence-electron chi connectivity index (χ4n) is 2.37. The van der Waals surface area contributed by atoms with Gasteiger partial charge in [-0.3, -0.25) is 4.79 Å². The third-order valence-electron chi connectivity index (χ3n) is 3.73. The van der Waals surface area contributed by atoms with Gasteiger partial charge in [0.1, 0.15) is 5.75 Å². The maximum Gasteiger partial charge on any atom is 0.341 e. The summed E-state index contributed by atoms with van der Waals surface area (Å²) in [6.45, 7) is 4.63. The van der Waals surface area contributed by atoms with Crippen LogP contribution in [0.25, 0.3) is 0 Å². The van der Waals surface area contributed by atoms with Crippen LogP contribution in [0.3, 0.4) is 0 Å². The summed E-state index contributed by atoms with van der Waals surface area (Å²) in [5.74, 6) is -0.793. The smallest absolute Gasteiger partial charge is 0.341 e. The van der Waals surface area contributed by atoms with Gasteiger partial charge < -0.3 is 14.7 Å². The van der Waals surface area contributed by atoms with E-state index in [-0.39, 0.29) is 5.91 Å². The molecule has 0 fully saturated rings. The molecule has 5 nitrogen and oxygen atoms in total. The molecular formula is C19H21NO4. The average Bonchev–Trinajstić information content (AvgIpc) is 2.59. The lowest BCUT2D eigenvalue weighted by Gasteiger charge is -2.22. The minimum absolute atomic E-state index is 0.110. The third kappa shape index (κ3) is 4.59. The van der Waals surface area contributed by atoms with Crippen LogP contribution >= 0.6 is 0 Å². The predicted octanol–water partition coefficient (Wildman–Crippen LogP) is 3.12. The van der Waals surface area contributed by atoms with Gasteiger partial charge in [-0.15, -0.1) is 0 Å². The molecule has 126 valence electrons. The van der Waals surface area contributed by atoms with Crippen LogP contribution in [0, 0.1) is 6.92 Å². The van der Waals surface area contributed by atoms with Gasteiger partial charge in [0.05, 0.1) is 0 Å². The number of carbonyl (C=O) groups is 2. The normalized spacial score (nSPS) is 10.2. The number of amides is 1. The molecule has 1 N–H and O–H groups in total. The molecule has 0 radical (unpaired) electrons. The Kier molecular flexibility index (Phi) is 5.95. The van der Waals surface area contributed by atoms with Crippen molar-refractivity contribution in [2.24, 2.45) is 0 Å². The summed E-state index contributed by atoms with van der Waals surface area (Å²) in [5, 5.41) is 8.67. The third-order valence-corrected chi connectivity index (χ3v) is 3.73. The fraction of sp³-hybridized carbons (Fsp3) is 0.263. The largest absolute Gasteiger partial charge is 0.482 e. The predicted molar refractivity (Wildman–Crippen MR) is 91.2 cm³/mol. The lowest BCUT2D eigenvalue weighted by Crippen LogP contribution is -2.30. The Morgan fingerprint density at radius 3 is 2.54 bits per heavy atom. The average molecular weight is 327 g/mol. The summed E-state index contributed by atoms with van der Waals surface area (Å²) >= 11 is 0. The zero-order chi connectivity index (χ0) is 17.5. The van der Waals surface area contributed by atoms with E-state index in [2.05, 4.69) is 0 Å². The van der Waals surface area contributed by atoms with Crippen molar-refractivity contribution in [2.45, 2.75) is 20.4 Å². The summed E-state index contributed by atoms with van der Waals surface area (Å²) in [6.07, 6.45) is 0. The number of carboxylic acids is 1. The number of hydrogen-bond acceptors (Lipinski definition) is 3. The van der Waals surface area contributed by atoms with Crippen molar-refractivity contribution >= 4 is 11.9 Å². The van der Waals surface area contributed by atoms with Crippen molar-refractivity contribution in [2.75, 3.05) is 13.2 Å². The molecule has 5 heteroatoms. The first-order valence-corrected chi connectivity index (χ1v) is 7.79. The van der Waals surface area contributed by atoms with Gasteiger partial charge in [0.2, 0.25) is 0 Å². The van der Waals surface area contributed by atoms with Crippen LogP contribution < -0.4 is 4.74 Å². The highest BCUT2D eigenvalue weighted by Crippen LogP contribution is 2.17. The summed E-state index contributed by atoms with van der Waals surface area (Å²) in [5.41, 5.74) is 2.72. The molecule has 2 rings (SSSR count). The van der Waals surface area contributed by atoms with Gasteiger partial charge in [-0.05, 0) is 43.2 Å². The number of nitrogens with zero attached hydrogens (tertiary/aromatic N) is 1. The molecule has 24 heavy (non-hydrogen) atoms. The van der Waals surface area contributed by atoms with E-state index in [0.717, 1.165) is 11.1 Å².